The molecule has 0 bridgehead atoms. The molecule has 12 heteroatoms. The zero-order valence-electron chi connectivity index (χ0n) is 24.6. The number of nitrogens with two attached hydrogens (primary N) is 1. The van der Waals surface area contributed by atoms with Crippen molar-refractivity contribution < 1.29 is 0 Å². The normalized spacial score (nSPS) is 13.6. The molecule has 1 aliphatic rings. The van der Waals surface area contributed by atoms with E-state index in [-0.39, 0.29) is 11.4 Å². The maximum atomic E-state index is 12.3. The second-order valence-corrected chi connectivity index (χ2v) is 10.9. The first-order valence-electron chi connectivity index (χ1n) is 14.5. The Labute approximate surface area is 258 Å². The molecule has 5 aromatic heterocycles. The van der Waals surface area contributed by atoms with Crippen LogP contribution in [0.25, 0.3) is 39.5 Å². The molecule has 0 unspecified atom stereocenters. The molecule has 0 amide bonds. The van der Waals surface area contributed by atoms with Gasteiger partial charge in [-0.15, -0.1) is 0 Å². The van der Waals surface area contributed by atoms with E-state index in [1.165, 1.54) is 10.1 Å². The first kappa shape index (κ1) is 27.9. The van der Waals surface area contributed by atoms with Gasteiger partial charge in [-0.25, -0.2) is 24.9 Å². The topological polar surface area (TPSA) is 148 Å². The zero-order chi connectivity index (χ0) is 30.9. The van der Waals surface area contributed by atoms with Crippen molar-refractivity contribution in [3.8, 4) is 34.4 Å². The fraction of sp³-hybridized carbons (Fsp3) is 0.182. The highest BCUT2D eigenvalue weighted by Gasteiger charge is 2.21. The van der Waals surface area contributed by atoms with Crippen LogP contribution in [-0.2, 0) is 13.6 Å². The average molecular weight is 596 g/mol. The molecule has 1 saturated heterocycles. The highest BCUT2D eigenvalue weighted by Crippen LogP contribution is 2.31. The lowest BCUT2D eigenvalue weighted by Gasteiger charge is -2.35. The summed E-state index contributed by atoms with van der Waals surface area (Å²) in [4.78, 5) is 39.4. The van der Waals surface area contributed by atoms with E-state index in [0.717, 1.165) is 49.8 Å². The molecule has 1 aliphatic heterocycles. The smallest absolute Gasteiger partial charge is 0.250 e. The highest BCUT2D eigenvalue weighted by atomic mass is 16.1. The number of rotatable bonds is 6. The van der Waals surface area contributed by atoms with Crippen molar-refractivity contribution in [2.45, 2.75) is 6.54 Å². The van der Waals surface area contributed by atoms with Crippen molar-refractivity contribution in [3.63, 3.8) is 0 Å². The molecule has 1 fully saturated rings. The minimum atomic E-state index is -0.106. The standard InChI is InChI=1S/C33H29N11O/c1-41-14-11-23(19-30(41)45)26-8-9-27-33(38-26)44(32(39-27)25-3-2-12-37-31(25)35)24-6-4-22(5-7-24)21-42-15-17-43(18-16-42)29-10-13-36-28(20-34)40-29/h2-14,19H,15-18,21H2,1H3,(H2,35,37). The van der Waals surface area contributed by atoms with Gasteiger partial charge >= 0.3 is 0 Å². The van der Waals surface area contributed by atoms with E-state index >= 15 is 0 Å². The number of benzene rings is 1. The Kier molecular flexibility index (Phi) is 7.20. The van der Waals surface area contributed by atoms with Crippen LogP contribution in [0.1, 0.15) is 11.4 Å². The predicted octanol–water partition coefficient (Wildman–Crippen LogP) is 3.41. The first-order valence-corrected chi connectivity index (χ1v) is 14.5. The molecule has 0 atom stereocenters. The summed E-state index contributed by atoms with van der Waals surface area (Å²) in [5, 5.41) is 9.13. The van der Waals surface area contributed by atoms with Gasteiger partial charge in [-0.1, -0.05) is 12.1 Å². The van der Waals surface area contributed by atoms with E-state index < -0.39 is 0 Å². The molecule has 0 saturated carbocycles. The summed E-state index contributed by atoms with van der Waals surface area (Å²) in [6, 6.07) is 23.2. The van der Waals surface area contributed by atoms with Crippen molar-refractivity contribution >= 4 is 22.8 Å². The Morgan fingerprint density at radius 3 is 2.49 bits per heavy atom. The van der Waals surface area contributed by atoms with E-state index in [2.05, 4.69) is 49.0 Å². The number of nitrogens with zero attached hydrogens (tertiary/aromatic N) is 10. The van der Waals surface area contributed by atoms with Crippen molar-refractivity contribution in [2.75, 3.05) is 36.8 Å². The number of pyridine rings is 3. The van der Waals surface area contributed by atoms with E-state index in [0.29, 0.717) is 34.1 Å². The summed E-state index contributed by atoms with van der Waals surface area (Å²) < 4.78 is 3.52. The van der Waals surface area contributed by atoms with Crippen LogP contribution in [0, 0.1) is 11.3 Å². The number of imidazole rings is 1. The van der Waals surface area contributed by atoms with Crippen LogP contribution in [0.4, 0.5) is 11.6 Å². The van der Waals surface area contributed by atoms with E-state index in [1.54, 1.807) is 31.7 Å². The molecule has 7 rings (SSSR count). The van der Waals surface area contributed by atoms with Gasteiger partial charge < -0.3 is 15.2 Å². The van der Waals surface area contributed by atoms with Gasteiger partial charge in [0.2, 0.25) is 5.82 Å². The largest absolute Gasteiger partial charge is 0.383 e. The number of anilines is 2. The molecule has 0 radical (unpaired) electrons. The Morgan fingerprint density at radius 1 is 0.911 bits per heavy atom. The first-order chi connectivity index (χ1) is 22.0. The van der Waals surface area contributed by atoms with Crippen molar-refractivity contribution in [1.82, 2.24) is 39.0 Å². The summed E-state index contributed by atoms with van der Waals surface area (Å²) in [7, 11) is 1.72. The molecule has 45 heavy (non-hydrogen) atoms. The van der Waals surface area contributed by atoms with Crippen LogP contribution in [0.3, 0.4) is 0 Å². The average Bonchev–Trinajstić information content (AvgIpc) is 3.45. The van der Waals surface area contributed by atoms with Crippen LogP contribution in [-0.4, -0.2) is 65.1 Å². The van der Waals surface area contributed by atoms with Gasteiger partial charge in [0.1, 0.15) is 23.2 Å². The van der Waals surface area contributed by atoms with E-state index in [9.17, 15) is 4.79 Å². The predicted molar refractivity (Wildman–Crippen MR) is 171 cm³/mol. The van der Waals surface area contributed by atoms with Gasteiger partial charge in [-0.3, -0.25) is 14.3 Å². The number of hydrogen-bond acceptors (Lipinski definition) is 10. The van der Waals surface area contributed by atoms with Crippen molar-refractivity contribution in [3.05, 3.63) is 107 Å². The van der Waals surface area contributed by atoms with Gasteiger partial charge in [0.15, 0.2) is 11.5 Å². The van der Waals surface area contributed by atoms with Crippen LogP contribution >= 0.6 is 0 Å². The molecular formula is C33H29N11O. The Bertz CT molecular complexity index is 2120. The summed E-state index contributed by atoms with van der Waals surface area (Å²) in [6.07, 6.45) is 5.03. The third kappa shape index (κ3) is 5.48. The van der Waals surface area contributed by atoms with Gasteiger partial charge in [0.05, 0.1) is 11.3 Å². The maximum absolute atomic E-state index is 12.3. The number of hydrogen-bond donors (Lipinski definition) is 1. The van der Waals surface area contributed by atoms with Gasteiger partial charge in [0.25, 0.3) is 5.56 Å². The number of aromatic nitrogens is 7. The van der Waals surface area contributed by atoms with E-state index in [4.69, 9.17) is 21.0 Å². The lowest BCUT2D eigenvalue weighted by atomic mass is 10.1. The molecular weight excluding hydrogens is 566 g/mol. The van der Waals surface area contributed by atoms with Crippen LogP contribution in [0.15, 0.2) is 90.1 Å². The monoisotopic (exact) mass is 595 g/mol. The number of nitriles is 1. The van der Waals surface area contributed by atoms with Crippen molar-refractivity contribution in [2.24, 2.45) is 7.05 Å². The number of nitrogen functional groups attached to an aromatic ring is 1. The van der Waals surface area contributed by atoms with Gasteiger partial charge in [-0.05, 0) is 54.1 Å². The summed E-state index contributed by atoms with van der Waals surface area (Å²) >= 11 is 0. The Hall–Kier alpha value is -5.93. The molecule has 222 valence electrons. The number of fused-ring (bicyclic) bond motifs is 1. The quantitative estimate of drug-likeness (QED) is 0.304. The second-order valence-electron chi connectivity index (χ2n) is 10.9. The van der Waals surface area contributed by atoms with Gasteiger partial charge in [-0.2, -0.15) is 5.26 Å². The fourth-order valence-electron chi connectivity index (χ4n) is 5.58. The van der Waals surface area contributed by atoms with Crippen LogP contribution in [0.5, 0.6) is 0 Å². The molecule has 6 aromatic rings. The molecule has 12 nitrogen and oxygen atoms in total. The zero-order valence-corrected chi connectivity index (χ0v) is 24.6. The van der Waals surface area contributed by atoms with E-state index in [1.807, 2.05) is 47.0 Å². The third-order valence-electron chi connectivity index (χ3n) is 8.02. The highest BCUT2D eigenvalue weighted by molar-refractivity contribution is 5.84. The molecule has 2 N–H and O–H groups in total. The number of piperazine rings is 1. The van der Waals surface area contributed by atoms with Crippen LogP contribution < -0.4 is 16.2 Å². The Balaban J connectivity index is 1.18. The maximum Gasteiger partial charge on any atom is 0.250 e. The van der Waals surface area contributed by atoms with Crippen LogP contribution in [0.2, 0.25) is 0 Å². The second kappa shape index (κ2) is 11.6. The lowest BCUT2D eigenvalue weighted by Crippen LogP contribution is -2.46. The summed E-state index contributed by atoms with van der Waals surface area (Å²) in [5.41, 5.74) is 11.7. The summed E-state index contributed by atoms with van der Waals surface area (Å²) in [6.45, 7) is 4.19. The molecule has 1 aromatic carbocycles. The minimum Gasteiger partial charge on any atom is -0.383 e. The third-order valence-corrected chi connectivity index (χ3v) is 8.02. The fourth-order valence-corrected chi connectivity index (χ4v) is 5.58. The van der Waals surface area contributed by atoms with Gasteiger partial charge in [0, 0.05) is 75.7 Å². The SMILES string of the molecule is Cn1ccc(-c2ccc3nc(-c4cccnc4N)n(-c4ccc(CN5CCN(c6ccnc(C#N)n6)CC5)cc4)c3n2)cc1=O. The molecule has 6 heterocycles. The number of aryl methyl sites for hydroxylation is 1. The van der Waals surface area contributed by atoms with Crippen molar-refractivity contribution in [1.29, 1.82) is 5.26 Å². The minimum absolute atomic E-state index is 0.106. The Morgan fingerprint density at radius 2 is 1.73 bits per heavy atom. The molecule has 0 spiro atoms. The summed E-state index contributed by atoms with van der Waals surface area (Å²) in [5.74, 6) is 1.99. The lowest BCUT2D eigenvalue weighted by molar-refractivity contribution is 0.249. The molecule has 0 aliphatic carbocycles.